The van der Waals surface area contributed by atoms with Crippen LogP contribution in [0.15, 0.2) is 224 Å². The van der Waals surface area contributed by atoms with E-state index in [9.17, 15) is 0 Å². The van der Waals surface area contributed by atoms with Crippen LogP contribution in [0.5, 0.6) is 11.5 Å². The van der Waals surface area contributed by atoms with E-state index in [2.05, 4.69) is 239 Å². The number of hydrogen-bond donors (Lipinski definition) is 0. The summed E-state index contributed by atoms with van der Waals surface area (Å²) in [5.74, 6) is 1.80. The van der Waals surface area contributed by atoms with Crippen molar-refractivity contribution in [2.45, 2.75) is 0 Å². The number of benzene rings is 10. The normalized spacial score (nSPS) is 13.5. The minimum atomic E-state index is -0.0551. The molecule has 0 radical (unpaired) electrons. The molecule has 5 heterocycles. The quantitative estimate of drug-likeness (QED) is 0.165. The summed E-state index contributed by atoms with van der Waals surface area (Å²) in [5.41, 5.74) is 22.8. The second kappa shape index (κ2) is 13.5. The lowest BCUT2D eigenvalue weighted by Gasteiger charge is -2.45. The van der Waals surface area contributed by atoms with Gasteiger partial charge in [0.25, 0.3) is 13.4 Å². The summed E-state index contributed by atoms with van der Waals surface area (Å²) in [5, 5.41) is 2.54. The molecule has 4 aliphatic rings. The van der Waals surface area contributed by atoms with Gasteiger partial charge in [-0.25, -0.2) is 0 Å². The Morgan fingerprint density at radius 1 is 0.318 bits per heavy atom. The van der Waals surface area contributed by atoms with E-state index in [0.29, 0.717) is 0 Å². The van der Waals surface area contributed by atoms with Crippen molar-refractivity contribution < 1.29 is 4.74 Å². The first-order chi connectivity index (χ1) is 32.8. The Balaban J connectivity index is 1.05. The van der Waals surface area contributed by atoms with Crippen LogP contribution in [0.25, 0.3) is 49.7 Å². The first-order valence-corrected chi connectivity index (χ1v) is 22.9. The monoisotopic (exact) mass is 837 g/mol. The summed E-state index contributed by atoms with van der Waals surface area (Å²) in [4.78, 5) is 4.99. The van der Waals surface area contributed by atoms with E-state index in [1.807, 2.05) is 0 Å². The van der Waals surface area contributed by atoms with Crippen LogP contribution in [-0.4, -0.2) is 18.0 Å². The molecule has 0 aliphatic carbocycles. The van der Waals surface area contributed by atoms with E-state index in [1.165, 1.54) is 88.5 Å². The molecule has 4 aliphatic heterocycles. The van der Waals surface area contributed by atoms with Crippen molar-refractivity contribution in [2.75, 3.05) is 9.80 Å². The van der Waals surface area contributed by atoms with Crippen LogP contribution in [0.3, 0.4) is 0 Å². The fourth-order valence-corrected chi connectivity index (χ4v) is 11.9. The number of aromatic nitrogens is 1. The number of ether oxygens (including phenoxy) is 1. The maximum absolute atomic E-state index is 7.42. The highest BCUT2D eigenvalue weighted by molar-refractivity contribution is 7.02. The van der Waals surface area contributed by atoms with Crippen molar-refractivity contribution in [3.8, 4) is 39.4 Å². The molecular formula is C60H37B2N3O. The molecule has 6 heteroatoms. The van der Waals surface area contributed by atoms with Gasteiger partial charge in [-0.05, 0) is 116 Å². The number of hydrogen-bond acceptors (Lipinski definition) is 3. The van der Waals surface area contributed by atoms with Gasteiger partial charge in [0.05, 0.1) is 5.52 Å². The van der Waals surface area contributed by atoms with Crippen molar-refractivity contribution in [1.29, 1.82) is 0 Å². The largest absolute Gasteiger partial charge is 0.458 e. The van der Waals surface area contributed by atoms with Gasteiger partial charge in [-0.3, -0.25) is 0 Å². The molecule has 1 aromatic heterocycles. The molecule has 0 saturated heterocycles. The summed E-state index contributed by atoms with van der Waals surface area (Å²) in [6, 6.07) is 82.6. The Morgan fingerprint density at radius 2 is 0.864 bits per heavy atom. The van der Waals surface area contributed by atoms with Crippen LogP contribution in [0.1, 0.15) is 0 Å². The van der Waals surface area contributed by atoms with Gasteiger partial charge < -0.3 is 19.1 Å². The van der Waals surface area contributed by atoms with E-state index in [1.54, 1.807) is 0 Å². The van der Waals surface area contributed by atoms with Gasteiger partial charge in [-0.15, -0.1) is 0 Å². The number of anilines is 6. The molecule has 10 aromatic carbocycles. The van der Waals surface area contributed by atoms with Gasteiger partial charge >= 0.3 is 0 Å². The molecule has 4 nitrogen and oxygen atoms in total. The summed E-state index contributed by atoms with van der Waals surface area (Å²) >= 11 is 0. The van der Waals surface area contributed by atoms with Crippen molar-refractivity contribution in [3.63, 3.8) is 0 Å². The third-order valence-electron chi connectivity index (χ3n) is 14.6. The van der Waals surface area contributed by atoms with E-state index in [4.69, 9.17) is 4.74 Å². The van der Waals surface area contributed by atoms with Crippen LogP contribution in [0.2, 0.25) is 0 Å². The average molecular weight is 838 g/mol. The first kappa shape index (κ1) is 35.9. The summed E-state index contributed by atoms with van der Waals surface area (Å²) in [6.07, 6.45) is 0. The Labute approximate surface area is 383 Å². The lowest BCUT2D eigenvalue weighted by atomic mass is 9.30. The van der Waals surface area contributed by atoms with E-state index in [0.717, 1.165) is 39.7 Å². The Morgan fingerprint density at radius 3 is 1.58 bits per heavy atom. The van der Waals surface area contributed by atoms with Gasteiger partial charge in [0.2, 0.25) is 0 Å². The molecule has 15 rings (SSSR count). The van der Waals surface area contributed by atoms with Gasteiger partial charge in [0.15, 0.2) is 0 Å². The minimum Gasteiger partial charge on any atom is -0.458 e. The van der Waals surface area contributed by atoms with E-state index < -0.39 is 0 Å². The Bertz CT molecular complexity index is 3820. The van der Waals surface area contributed by atoms with Gasteiger partial charge in [0.1, 0.15) is 11.5 Å². The molecule has 0 amide bonds. The molecule has 66 heavy (non-hydrogen) atoms. The maximum atomic E-state index is 7.42. The van der Waals surface area contributed by atoms with Crippen LogP contribution in [0, 0.1) is 0 Å². The highest BCUT2D eigenvalue weighted by Gasteiger charge is 2.47. The maximum Gasteiger partial charge on any atom is 0.256 e. The minimum absolute atomic E-state index is 0.0524. The zero-order chi connectivity index (χ0) is 43.0. The topological polar surface area (TPSA) is 20.6 Å². The zero-order valence-electron chi connectivity index (χ0n) is 35.8. The van der Waals surface area contributed by atoms with Crippen molar-refractivity contribution >= 4 is 102 Å². The van der Waals surface area contributed by atoms with Crippen LogP contribution in [0.4, 0.5) is 34.1 Å². The molecule has 0 N–H and O–H groups in total. The molecular weight excluding hydrogens is 800 g/mol. The van der Waals surface area contributed by atoms with Crippen LogP contribution in [-0.2, 0) is 0 Å². The molecule has 0 atom stereocenters. The molecule has 0 bridgehead atoms. The van der Waals surface area contributed by atoms with Gasteiger partial charge in [0, 0.05) is 62.2 Å². The highest BCUT2D eigenvalue weighted by atomic mass is 16.5. The summed E-state index contributed by atoms with van der Waals surface area (Å²) in [7, 11) is 0. The molecule has 0 fully saturated rings. The van der Waals surface area contributed by atoms with Crippen molar-refractivity contribution in [2.24, 2.45) is 0 Å². The molecule has 304 valence electrons. The fraction of sp³-hybridized carbons (Fsp3) is 0. The van der Waals surface area contributed by atoms with Crippen LogP contribution < -0.4 is 47.3 Å². The van der Waals surface area contributed by atoms with Gasteiger partial charge in [-0.1, -0.05) is 158 Å². The highest BCUT2D eigenvalue weighted by Crippen LogP contribution is 2.48. The van der Waals surface area contributed by atoms with Gasteiger partial charge in [-0.2, -0.15) is 0 Å². The summed E-state index contributed by atoms with van der Waals surface area (Å²) in [6.45, 7) is -0.107. The number of nitrogens with zero attached hydrogens (tertiary/aromatic N) is 3. The van der Waals surface area contributed by atoms with E-state index in [-0.39, 0.29) is 13.4 Å². The molecule has 0 spiro atoms. The van der Waals surface area contributed by atoms with Crippen LogP contribution >= 0.6 is 0 Å². The Hall–Kier alpha value is -8.47. The standard InChI is InChI=1S/C60H37B2N3O/c1-5-18-38(19-6-1)40-32-53-58-54(33-40)64(43-24-11-4-12-25-43)52-37-56-49(36-48(52)61(58)46-28-14-16-31-51(46)63(53)42-22-9-3-10-23-42)62-47-29-17-27-45-44-26-13-15-30-50(44)65(60(45)47)55-34-41(35-57(66-56)59(55)62)39-20-7-2-8-21-39/h1-37H. The SMILES string of the molecule is c1ccc(-c2cc3c4c(c2)N(c2ccccc2)c2cc5c(cc2B4c2ccccc2N3c2ccccc2)B2c3c(cc(-c4ccccc4)cc3-n3c4ccccc4c4cccc2c43)O5)cc1. The average Bonchev–Trinajstić information content (AvgIpc) is 3.73. The fourth-order valence-electron chi connectivity index (χ4n) is 11.9. The molecule has 0 unspecified atom stereocenters. The second-order valence-corrected chi connectivity index (χ2v) is 18.0. The Kier molecular flexibility index (Phi) is 7.36. The van der Waals surface area contributed by atoms with E-state index >= 15 is 0 Å². The second-order valence-electron chi connectivity index (χ2n) is 18.0. The molecule has 0 saturated carbocycles. The third-order valence-corrected chi connectivity index (χ3v) is 14.6. The zero-order valence-corrected chi connectivity index (χ0v) is 35.8. The lowest BCUT2D eigenvalue weighted by molar-refractivity contribution is 0.487. The van der Waals surface area contributed by atoms with Crippen molar-refractivity contribution in [1.82, 2.24) is 4.57 Å². The third kappa shape index (κ3) is 4.90. The first-order valence-electron chi connectivity index (χ1n) is 22.9. The molecule has 11 aromatic rings. The number of rotatable bonds is 4. The predicted molar refractivity (Wildman–Crippen MR) is 277 cm³/mol. The smallest absolute Gasteiger partial charge is 0.256 e. The predicted octanol–water partition coefficient (Wildman–Crippen LogP) is 11.1. The number of para-hydroxylation sites is 5. The summed E-state index contributed by atoms with van der Waals surface area (Å²) < 4.78 is 9.93. The number of fused-ring (bicyclic) bond motifs is 11. The van der Waals surface area contributed by atoms with Crippen molar-refractivity contribution in [3.05, 3.63) is 224 Å². The lowest BCUT2D eigenvalue weighted by Crippen LogP contribution is -2.64.